The Kier molecular flexibility index (Phi) is 6.25. The van der Waals surface area contributed by atoms with Gasteiger partial charge < -0.3 is 0 Å². The van der Waals surface area contributed by atoms with Crippen LogP contribution in [0.5, 0.6) is 0 Å². The monoisotopic (exact) mass is 582 g/mol. The maximum Gasteiger partial charge on any atom is -0.00201 e. The molecule has 0 aliphatic rings. The van der Waals surface area contributed by atoms with Gasteiger partial charge in [0.1, 0.15) is 0 Å². The van der Waals surface area contributed by atoms with Crippen molar-refractivity contribution in [1.82, 2.24) is 0 Å². The molecule has 9 aromatic carbocycles. The predicted octanol–water partition coefficient (Wildman–Crippen LogP) is 13.0. The molecule has 0 unspecified atom stereocenters. The van der Waals surface area contributed by atoms with Gasteiger partial charge in [0, 0.05) is 0 Å². The lowest BCUT2D eigenvalue weighted by molar-refractivity contribution is 1.61. The topological polar surface area (TPSA) is 0 Å². The Bertz CT molecular complexity index is 2500. The highest BCUT2D eigenvalue weighted by molar-refractivity contribution is 6.23. The summed E-state index contributed by atoms with van der Waals surface area (Å²) in [6.45, 7) is 0. The van der Waals surface area contributed by atoms with Gasteiger partial charge in [-0.05, 0) is 93.7 Å². The van der Waals surface area contributed by atoms with Gasteiger partial charge in [-0.3, -0.25) is 0 Å². The van der Waals surface area contributed by atoms with Crippen LogP contribution in [-0.2, 0) is 0 Å². The average Bonchev–Trinajstić information content (AvgIpc) is 3.14. The van der Waals surface area contributed by atoms with Gasteiger partial charge in [-0.15, -0.1) is 0 Å². The van der Waals surface area contributed by atoms with E-state index in [2.05, 4.69) is 182 Å². The third-order valence-electron chi connectivity index (χ3n) is 9.45. The van der Waals surface area contributed by atoms with E-state index in [1.165, 1.54) is 87.6 Å². The van der Waals surface area contributed by atoms with E-state index >= 15 is 0 Å². The van der Waals surface area contributed by atoms with E-state index in [9.17, 15) is 0 Å². The smallest absolute Gasteiger partial charge is 0.00201 e. The molecule has 0 N–H and O–H groups in total. The lowest BCUT2D eigenvalue weighted by Gasteiger charge is -2.20. The Balaban J connectivity index is 1.33. The van der Waals surface area contributed by atoms with Crippen LogP contribution in [0, 0.1) is 0 Å². The molecule has 0 aliphatic carbocycles. The van der Waals surface area contributed by atoms with Gasteiger partial charge in [0.15, 0.2) is 0 Å². The molecule has 46 heavy (non-hydrogen) atoms. The zero-order chi connectivity index (χ0) is 30.5. The molecule has 0 heteroatoms. The van der Waals surface area contributed by atoms with Crippen LogP contribution in [-0.4, -0.2) is 0 Å². The molecule has 0 spiro atoms. The summed E-state index contributed by atoms with van der Waals surface area (Å²) in [5, 5.41) is 10.2. The maximum absolute atomic E-state index is 2.39. The third kappa shape index (κ3) is 4.23. The lowest BCUT2D eigenvalue weighted by Crippen LogP contribution is -1.93. The number of hydrogen-bond acceptors (Lipinski definition) is 0. The quantitative estimate of drug-likeness (QED) is 0.143. The first-order valence-corrected chi connectivity index (χ1v) is 15.9. The van der Waals surface area contributed by atoms with E-state index in [0.717, 1.165) is 0 Å². The molecule has 9 aromatic rings. The minimum absolute atomic E-state index is 1.23. The van der Waals surface area contributed by atoms with Crippen molar-refractivity contribution in [3.8, 4) is 44.5 Å². The molecule has 0 fully saturated rings. The highest BCUT2D eigenvalue weighted by atomic mass is 14.2. The van der Waals surface area contributed by atoms with E-state index in [1.807, 2.05) is 0 Å². The first-order chi connectivity index (χ1) is 22.8. The molecule has 0 saturated heterocycles. The fourth-order valence-corrected chi connectivity index (χ4v) is 7.43. The van der Waals surface area contributed by atoms with Crippen LogP contribution in [0.3, 0.4) is 0 Å². The zero-order valence-electron chi connectivity index (χ0n) is 25.3. The van der Waals surface area contributed by atoms with E-state index in [4.69, 9.17) is 0 Å². The Labute approximate surface area is 268 Å². The molecule has 0 nitrogen and oxygen atoms in total. The minimum atomic E-state index is 1.23. The molecule has 0 atom stereocenters. The van der Waals surface area contributed by atoms with Gasteiger partial charge in [0.2, 0.25) is 0 Å². The number of benzene rings is 9. The van der Waals surface area contributed by atoms with Crippen molar-refractivity contribution >= 4 is 43.1 Å². The Morgan fingerprint density at radius 1 is 0.239 bits per heavy atom. The van der Waals surface area contributed by atoms with Gasteiger partial charge >= 0.3 is 0 Å². The molecule has 0 aromatic heterocycles. The highest BCUT2D eigenvalue weighted by Gasteiger charge is 2.19. The fraction of sp³-hybridized carbons (Fsp3) is 0. The zero-order valence-corrected chi connectivity index (χ0v) is 25.3. The van der Waals surface area contributed by atoms with Crippen molar-refractivity contribution in [3.63, 3.8) is 0 Å². The SMILES string of the molecule is c1ccc(-c2ccccc2-c2c3ccccc3c(-c3ccc4c(ccc5cccc(-c6ccccc6)c54)c3)c3ccccc23)cc1. The van der Waals surface area contributed by atoms with Crippen LogP contribution in [0.2, 0.25) is 0 Å². The molecule has 0 radical (unpaired) electrons. The van der Waals surface area contributed by atoms with Crippen LogP contribution >= 0.6 is 0 Å². The molecular weight excluding hydrogens is 553 g/mol. The maximum atomic E-state index is 2.39. The third-order valence-corrected chi connectivity index (χ3v) is 9.45. The molecular formula is C46H30. The van der Waals surface area contributed by atoms with Crippen LogP contribution in [0.4, 0.5) is 0 Å². The van der Waals surface area contributed by atoms with Crippen molar-refractivity contribution in [1.29, 1.82) is 0 Å². The Morgan fingerprint density at radius 3 is 1.39 bits per heavy atom. The highest BCUT2D eigenvalue weighted by Crippen LogP contribution is 2.46. The Morgan fingerprint density at radius 2 is 0.739 bits per heavy atom. The Hall–Kier alpha value is -5.98. The van der Waals surface area contributed by atoms with Crippen LogP contribution in [0.15, 0.2) is 182 Å². The molecule has 0 amide bonds. The fourth-order valence-electron chi connectivity index (χ4n) is 7.43. The van der Waals surface area contributed by atoms with Gasteiger partial charge in [0.05, 0.1) is 0 Å². The standard InChI is InChI=1S/C46H30/c1-3-14-31(15-4-1)36-19-7-8-20-39(36)46-42-23-11-9-21-40(42)45(41-22-10-12-24-43(41)46)35-28-29-38-34(30-35)27-26-33-18-13-25-37(44(33)38)32-16-5-2-6-17-32/h1-30H. The molecule has 0 aliphatic heterocycles. The summed E-state index contributed by atoms with van der Waals surface area (Å²) in [4.78, 5) is 0. The summed E-state index contributed by atoms with van der Waals surface area (Å²) < 4.78 is 0. The molecule has 0 saturated carbocycles. The first kappa shape index (κ1) is 26.4. The second kappa shape index (κ2) is 10.9. The summed E-state index contributed by atoms with van der Waals surface area (Å²) >= 11 is 0. The van der Waals surface area contributed by atoms with Crippen LogP contribution in [0.25, 0.3) is 87.6 Å². The van der Waals surface area contributed by atoms with Crippen molar-refractivity contribution in [2.75, 3.05) is 0 Å². The molecule has 0 bridgehead atoms. The van der Waals surface area contributed by atoms with Crippen molar-refractivity contribution < 1.29 is 0 Å². The minimum Gasteiger partial charge on any atom is -0.0622 e. The largest absolute Gasteiger partial charge is 0.0622 e. The molecule has 0 heterocycles. The molecule has 9 rings (SSSR count). The van der Waals surface area contributed by atoms with Crippen LogP contribution in [0.1, 0.15) is 0 Å². The second-order valence-corrected chi connectivity index (χ2v) is 12.0. The summed E-state index contributed by atoms with van der Waals surface area (Å²) in [6, 6.07) is 66.4. The molecule has 214 valence electrons. The number of rotatable bonds is 4. The van der Waals surface area contributed by atoms with Gasteiger partial charge in [-0.2, -0.15) is 0 Å². The van der Waals surface area contributed by atoms with Gasteiger partial charge in [-0.25, -0.2) is 0 Å². The second-order valence-electron chi connectivity index (χ2n) is 12.0. The van der Waals surface area contributed by atoms with Crippen molar-refractivity contribution in [2.45, 2.75) is 0 Å². The predicted molar refractivity (Wildman–Crippen MR) is 198 cm³/mol. The first-order valence-electron chi connectivity index (χ1n) is 15.9. The van der Waals surface area contributed by atoms with Gasteiger partial charge in [0.25, 0.3) is 0 Å². The van der Waals surface area contributed by atoms with Crippen LogP contribution < -0.4 is 0 Å². The number of fused-ring (bicyclic) bond motifs is 5. The van der Waals surface area contributed by atoms with Crippen molar-refractivity contribution in [3.05, 3.63) is 182 Å². The van der Waals surface area contributed by atoms with E-state index < -0.39 is 0 Å². The van der Waals surface area contributed by atoms with E-state index in [0.29, 0.717) is 0 Å². The van der Waals surface area contributed by atoms with E-state index in [1.54, 1.807) is 0 Å². The summed E-state index contributed by atoms with van der Waals surface area (Å²) in [5.41, 5.74) is 10.1. The summed E-state index contributed by atoms with van der Waals surface area (Å²) in [7, 11) is 0. The lowest BCUT2D eigenvalue weighted by atomic mass is 9.83. The number of hydrogen-bond donors (Lipinski definition) is 0. The van der Waals surface area contributed by atoms with Crippen molar-refractivity contribution in [2.24, 2.45) is 0 Å². The average molecular weight is 583 g/mol. The normalized spacial score (nSPS) is 11.5. The van der Waals surface area contributed by atoms with Gasteiger partial charge in [-0.1, -0.05) is 176 Å². The summed E-state index contributed by atoms with van der Waals surface area (Å²) in [5.74, 6) is 0. The van der Waals surface area contributed by atoms with E-state index in [-0.39, 0.29) is 0 Å². The summed E-state index contributed by atoms with van der Waals surface area (Å²) in [6.07, 6.45) is 0.